The van der Waals surface area contributed by atoms with Gasteiger partial charge in [-0.15, -0.1) is 0 Å². The molecule has 3 rings (SSSR count). The van der Waals surface area contributed by atoms with Gasteiger partial charge in [0.2, 0.25) is 5.91 Å². The van der Waals surface area contributed by atoms with Crippen LogP contribution in [0.15, 0.2) is 36.4 Å². The molecule has 0 aliphatic carbocycles. The van der Waals surface area contributed by atoms with Crippen molar-refractivity contribution in [2.45, 2.75) is 6.42 Å². The molecule has 114 valence electrons. The van der Waals surface area contributed by atoms with Gasteiger partial charge in [-0.25, -0.2) is 0 Å². The molecular formula is C16H10ClN3O3. The second-order valence-corrected chi connectivity index (χ2v) is 5.23. The maximum absolute atomic E-state index is 12.3. The fourth-order valence-electron chi connectivity index (χ4n) is 2.15. The second-order valence-electron chi connectivity index (χ2n) is 4.79. The Morgan fingerprint density at radius 2 is 2.04 bits per heavy atom. The Bertz CT molecular complexity index is 858. The molecule has 2 aromatic rings. The van der Waals surface area contributed by atoms with Gasteiger partial charge in [-0.1, -0.05) is 11.6 Å². The van der Waals surface area contributed by atoms with Crippen LogP contribution in [0, 0.1) is 11.3 Å². The van der Waals surface area contributed by atoms with Gasteiger partial charge < -0.3 is 15.4 Å². The maximum atomic E-state index is 12.3. The first-order chi connectivity index (χ1) is 11.1. The van der Waals surface area contributed by atoms with Crippen LogP contribution in [0.1, 0.15) is 16.8 Å². The minimum Gasteiger partial charge on any atom is -0.454 e. The van der Waals surface area contributed by atoms with E-state index in [-0.39, 0.29) is 17.9 Å². The Hall–Kier alpha value is -3.04. The number of halogens is 1. The van der Waals surface area contributed by atoms with Crippen LogP contribution < -0.4 is 15.4 Å². The lowest BCUT2D eigenvalue weighted by molar-refractivity contribution is -0.115. The summed E-state index contributed by atoms with van der Waals surface area (Å²) < 4.78 is 5.73. The molecule has 0 saturated carbocycles. The van der Waals surface area contributed by atoms with Crippen LogP contribution in [0.3, 0.4) is 0 Å². The minimum atomic E-state index is -0.447. The Labute approximate surface area is 136 Å². The highest BCUT2D eigenvalue weighted by atomic mass is 35.5. The van der Waals surface area contributed by atoms with Crippen LogP contribution in [0.5, 0.6) is 11.5 Å². The first-order valence-corrected chi connectivity index (χ1v) is 7.04. The standard InChI is InChI=1S/C16H10ClN3O3/c17-9-1-3-14-12(7-9)20-16(22)11-8-10(2-4-13(11)23-14)19-15(21)5-6-18/h1-4,7-8H,5H2,(H,19,21)(H,20,22). The maximum Gasteiger partial charge on any atom is 0.259 e. The Balaban J connectivity index is 1.94. The number of carbonyl (C=O) groups excluding carboxylic acids is 2. The molecule has 0 unspecified atom stereocenters. The van der Waals surface area contributed by atoms with Crippen LogP contribution in [-0.4, -0.2) is 11.8 Å². The summed E-state index contributed by atoms with van der Waals surface area (Å²) in [6, 6.07) is 11.4. The van der Waals surface area contributed by atoms with Gasteiger partial charge in [0.1, 0.15) is 12.2 Å². The number of nitriles is 1. The van der Waals surface area contributed by atoms with Crippen LogP contribution >= 0.6 is 11.6 Å². The van der Waals surface area contributed by atoms with E-state index in [0.717, 1.165) is 0 Å². The third-order valence-electron chi connectivity index (χ3n) is 3.16. The van der Waals surface area contributed by atoms with Gasteiger partial charge in [0.15, 0.2) is 5.75 Å². The summed E-state index contributed by atoms with van der Waals surface area (Å²) in [6.45, 7) is 0. The van der Waals surface area contributed by atoms with Crippen molar-refractivity contribution in [2.24, 2.45) is 0 Å². The van der Waals surface area contributed by atoms with Crippen molar-refractivity contribution < 1.29 is 14.3 Å². The van der Waals surface area contributed by atoms with Crippen molar-refractivity contribution >= 4 is 34.8 Å². The Kier molecular flexibility index (Phi) is 3.87. The second kappa shape index (κ2) is 5.99. The largest absolute Gasteiger partial charge is 0.454 e. The fraction of sp³-hybridized carbons (Fsp3) is 0.0625. The van der Waals surface area contributed by atoms with Gasteiger partial charge in [0, 0.05) is 10.7 Å². The Morgan fingerprint density at radius 1 is 1.26 bits per heavy atom. The number of rotatable bonds is 2. The van der Waals surface area contributed by atoms with Crippen LogP contribution in [0.4, 0.5) is 11.4 Å². The zero-order chi connectivity index (χ0) is 16.4. The van der Waals surface area contributed by atoms with Crippen molar-refractivity contribution in [2.75, 3.05) is 10.6 Å². The summed E-state index contributed by atoms with van der Waals surface area (Å²) in [5, 5.41) is 14.2. The summed E-state index contributed by atoms with van der Waals surface area (Å²) in [5.74, 6) is 0.0134. The van der Waals surface area contributed by atoms with E-state index in [9.17, 15) is 9.59 Å². The van der Waals surface area contributed by atoms with Gasteiger partial charge in [0.05, 0.1) is 17.3 Å². The molecule has 0 spiro atoms. The van der Waals surface area contributed by atoms with Gasteiger partial charge in [-0.2, -0.15) is 5.26 Å². The molecule has 1 heterocycles. The highest BCUT2D eigenvalue weighted by Gasteiger charge is 2.21. The highest BCUT2D eigenvalue weighted by Crippen LogP contribution is 2.37. The monoisotopic (exact) mass is 327 g/mol. The zero-order valence-corrected chi connectivity index (χ0v) is 12.5. The molecule has 0 aromatic heterocycles. The number of benzene rings is 2. The van der Waals surface area contributed by atoms with Crippen molar-refractivity contribution in [1.29, 1.82) is 5.26 Å². The summed E-state index contributed by atoms with van der Waals surface area (Å²) in [5.41, 5.74) is 1.15. The summed E-state index contributed by atoms with van der Waals surface area (Å²) >= 11 is 5.92. The van der Waals surface area contributed by atoms with Crippen molar-refractivity contribution in [1.82, 2.24) is 0 Å². The van der Waals surface area contributed by atoms with Crippen molar-refractivity contribution in [3.05, 3.63) is 47.0 Å². The lowest BCUT2D eigenvalue weighted by atomic mass is 10.1. The number of nitrogens with one attached hydrogen (secondary N) is 2. The van der Waals surface area contributed by atoms with E-state index in [1.807, 2.05) is 0 Å². The first-order valence-electron chi connectivity index (χ1n) is 6.66. The molecule has 0 saturated heterocycles. The summed E-state index contributed by atoms with van der Waals surface area (Å²) in [4.78, 5) is 23.8. The predicted molar refractivity (Wildman–Crippen MR) is 84.8 cm³/mol. The quantitative estimate of drug-likeness (QED) is 0.882. The number of fused-ring (bicyclic) bond motifs is 2. The van der Waals surface area contributed by atoms with Crippen molar-refractivity contribution in [3.8, 4) is 17.6 Å². The number of carbonyl (C=O) groups is 2. The topological polar surface area (TPSA) is 91.2 Å². The number of hydrogen-bond acceptors (Lipinski definition) is 4. The SMILES string of the molecule is N#CCC(=O)Nc1ccc2c(c1)C(=O)Nc1cc(Cl)ccc1O2. The molecular weight excluding hydrogens is 318 g/mol. The number of anilines is 2. The molecule has 0 fully saturated rings. The molecule has 23 heavy (non-hydrogen) atoms. The van der Waals surface area contributed by atoms with E-state index in [1.54, 1.807) is 36.4 Å². The lowest BCUT2D eigenvalue weighted by Gasteiger charge is -2.09. The van der Waals surface area contributed by atoms with E-state index in [0.29, 0.717) is 27.9 Å². The molecule has 6 nitrogen and oxygen atoms in total. The van der Waals surface area contributed by atoms with Crippen LogP contribution in [0.25, 0.3) is 0 Å². The molecule has 2 amide bonds. The van der Waals surface area contributed by atoms with Crippen molar-refractivity contribution in [3.63, 3.8) is 0 Å². The van der Waals surface area contributed by atoms with Crippen LogP contribution in [-0.2, 0) is 4.79 Å². The fourth-order valence-corrected chi connectivity index (χ4v) is 2.32. The van der Waals surface area contributed by atoms with E-state index in [4.69, 9.17) is 21.6 Å². The van der Waals surface area contributed by atoms with E-state index in [2.05, 4.69) is 10.6 Å². The van der Waals surface area contributed by atoms with E-state index in [1.165, 1.54) is 6.07 Å². The number of nitrogens with zero attached hydrogens (tertiary/aromatic N) is 1. The first kappa shape index (κ1) is 14.9. The Morgan fingerprint density at radius 3 is 2.83 bits per heavy atom. The molecule has 0 radical (unpaired) electrons. The highest BCUT2D eigenvalue weighted by molar-refractivity contribution is 6.31. The molecule has 2 N–H and O–H groups in total. The summed E-state index contributed by atoms with van der Waals surface area (Å²) in [6.07, 6.45) is -0.260. The minimum absolute atomic E-state index is 0.260. The molecule has 0 bridgehead atoms. The average Bonchev–Trinajstić information content (AvgIpc) is 2.63. The molecule has 1 aliphatic rings. The van der Waals surface area contributed by atoms with Gasteiger partial charge in [0.25, 0.3) is 5.91 Å². The third kappa shape index (κ3) is 3.10. The summed E-state index contributed by atoms with van der Waals surface area (Å²) in [7, 11) is 0. The lowest BCUT2D eigenvalue weighted by Crippen LogP contribution is -2.13. The predicted octanol–water partition coefficient (Wildman–Crippen LogP) is 3.55. The smallest absolute Gasteiger partial charge is 0.259 e. The number of hydrogen-bond donors (Lipinski definition) is 2. The van der Waals surface area contributed by atoms with Gasteiger partial charge in [-0.3, -0.25) is 9.59 Å². The number of amides is 2. The van der Waals surface area contributed by atoms with E-state index >= 15 is 0 Å². The zero-order valence-electron chi connectivity index (χ0n) is 11.7. The normalized spacial score (nSPS) is 11.9. The van der Waals surface area contributed by atoms with Gasteiger partial charge >= 0.3 is 0 Å². The van der Waals surface area contributed by atoms with Gasteiger partial charge in [-0.05, 0) is 36.4 Å². The van der Waals surface area contributed by atoms with Crippen LogP contribution in [0.2, 0.25) is 5.02 Å². The van der Waals surface area contributed by atoms with E-state index < -0.39 is 5.91 Å². The molecule has 2 aromatic carbocycles. The number of ether oxygens (including phenoxy) is 1. The molecule has 0 atom stereocenters. The molecule has 7 heteroatoms. The average molecular weight is 328 g/mol. The molecule has 1 aliphatic heterocycles. The third-order valence-corrected chi connectivity index (χ3v) is 3.39.